The molecule has 3 aliphatic heterocycles. The van der Waals surface area contributed by atoms with Crippen LogP contribution in [0, 0.1) is 35.5 Å². The van der Waals surface area contributed by atoms with E-state index in [1.807, 2.05) is 71.9 Å². The number of ketones is 3. The first-order valence-electron chi connectivity index (χ1n) is 26.4. The molecular weight excluding hydrogens is 911 g/mol. The Kier molecular flexibility index (Phi) is 24.5. The van der Waals surface area contributed by atoms with Gasteiger partial charge in [-0.1, -0.05) is 71.1 Å². The maximum atomic E-state index is 14.6. The predicted octanol–water partition coefficient (Wildman–Crippen LogP) is 7.63. The molecule has 0 aromatic carbocycles. The van der Waals surface area contributed by atoms with E-state index in [0.717, 1.165) is 12.0 Å². The van der Waals surface area contributed by atoms with Gasteiger partial charge in [0, 0.05) is 58.5 Å². The van der Waals surface area contributed by atoms with E-state index in [2.05, 4.69) is 6.92 Å². The number of hydrogen-bond donors (Lipinski definition) is 2. The van der Waals surface area contributed by atoms with Crippen LogP contribution in [0.15, 0.2) is 47.6 Å². The third-order valence-electron chi connectivity index (χ3n) is 15.3. The number of methoxy groups -OCH3 is 3. The van der Waals surface area contributed by atoms with E-state index >= 15 is 0 Å². The summed E-state index contributed by atoms with van der Waals surface area (Å²) in [6.07, 6.45) is 13.1. The van der Waals surface area contributed by atoms with Crippen LogP contribution in [-0.2, 0) is 57.1 Å². The number of nitrogens with zero attached hydrogens (tertiary/aromatic N) is 1. The fraction of sp³-hybridized carbons (Fsp3) is 0.768. The van der Waals surface area contributed by atoms with Crippen LogP contribution in [0.5, 0.6) is 0 Å². The number of piperidine rings is 1. The van der Waals surface area contributed by atoms with Crippen LogP contribution in [-0.4, -0.2) is 146 Å². The van der Waals surface area contributed by atoms with Gasteiger partial charge in [0.2, 0.25) is 5.79 Å². The van der Waals surface area contributed by atoms with Crippen LogP contribution in [0.1, 0.15) is 139 Å². The van der Waals surface area contributed by atoms with Crippen molar-refractivity contribution >= 4 is 29.2 Å². The maximum Gasteiger partial charge on any atom is 0.329 e. The van der Waals surface area contributed by atoms with Crippen molar-refractivity contribution in [3.8, 4) is 0 Å². The Labute approximate surface area is 424 Å². The molecule has 1 amide bonds. The standard InChI is InChI=1S/C56H89NO14/c1-34(2)69-51-40(8)29-37(5)45(59)33-48(38(6)30-42-22-24-46(68-27-26-58)49(31-42)66-11)70-55(63)44-20-16-17-25-57(44)54(62)53(61)56(64)41(9)21-23-43(71-56)32-47(65-10)36(4)19-15-13-14-18-35(3)28-39(7)50(60)52(51)67-12/h13-15,18-19,29,34-35,37-39,41-44,46-49,51-52,58,64H,16-17,20-28,30-33H2,1-12H3/b15-13?,18-14+,36-19?,40-29+/t35-,37-,38-,39-,41-,42+,43+,44+,46-,47+,48+,49-,51-,52+,56-/m1/s1. The second-order valence-electron chi connectivity index (χ2n) is 21.3. The zero-order chi connectivity index (χ0) is 52.6. The summed E-state index contributed by atoms with van der Waals surface area (Å²) in [5.41, 5.74) is 1.55. The Morgan fingerprint density at radius 1 is 0.817 bits per heavy atom. The molecule has 15 nitrogen and oxygen atoms in total. The van der Waals surface area contributed by atoms with Gasteiger partial charge in [0.1, 0.15) is 30.1 Å². The Balaban J connectivity index is 1.74. The van der Waals surface area contributed by atoms with Gasteiger partial charge in [-0.2, -0.15) is 0 Å². The largest absolute Gasteiger partial charge is 0.460 e. The molecule has 2 saturated heterocycles. The summed E-state index contributed by atoms with van der Waals surface area (Å²) in [4.78, 5) is 73.1. The van der Waals surface area contributed by atoms with Crippen LogP contribution in [0.4, 0.5) is 0 Å². The number of carbonyl (C=O) groups excluding carboxylic acids is 5. The zero-order valence-electron chi connectivity index (χ0n) is 45.0. The summed E-state index contributed by atoms with van der Waals surface area (Å²) in [5.74, 6) is -7.47. The van der Waals surface area contributed by atoms with Crippen molar-refractivity contribution in [2.45, 2.75) is 200 Å². The smallest absolute Gasteiger partial charge is 0.329 e. The van der Waals surface area contributed by atoms with Gasteiger partial charge in [-0.15, -0.1) is 0 Å². The molecule has 3 fully saturated rings. The van der Waals surface area contributed by atoms with Crippen molar-refractivity contribution in [3.05, 3.63) is 47.6 Å². The Morgan fingerprint density at radius 3 is 2.21 bits per heavy atom. The molecule has 0 spiro atoms. The SMILES string of the molecule is CO[C@H]1C[C@@H]2CC[C@@H](C)[C@@](O)(O2)C(=O)C(=O)N2CCCC[C@H]2C(=O)O[C@H]([C@H](C)C[C@@H]2CC[C@@H](OCCO)[C@H](OC)C2)CC(=O)[C@H](C)/C=C(\C)[C@@H](OC(C)C)[C@@H](OC)C(=O)[C@H](C)C[C@H](C)/C=C/C=CC=C1C. The lowest BCUT2D eigenvalue weighted by Crippen LogP contribution is -2.61. The minimum atomic E-state index is -2.43. The second kappa shape index (κ2) is 28.9. The first-order chi connectivity index (χ1) is 33.7. The van der Waals surface area contributed by atoms with E-state index in [0.29, 0.717) is 63.4 Å². The highest BCUT2D eigenvalue weighted by atomic mass is 16.6. The average Bonchev–Trinajstić information content (AvgIpc) is 3.34. The monoisotopic (exact) mass is 1000 g/mol. The van der Waals surface area contributed by atoms with Crippen molar-refractivity contribution < 1.29 is 67.3 Å². The minimum Gasteiger partial charge on any atom is -0.460 e. The predicted molar refractivity (Wildman–Crippen MR) is 270 cm³/mol. The highest BCUT2D eigenvalue weighted by Crippen LogP contribution is 2.38. The Morgan fingerprint density at radius 2 is 1.55 bits per heavy atom. The number of fused-ring (bicyclic) bond motifs is 3. The summed E-state index contributed by atoms with van der Waals surface area (Å²) in [6, 6.07) is -1.13. The number of esters is 1. The van der Waals surface area contributed by atoms with Crippen LogP contribution in [0.25, 0.3) is 0 Å². The van der Waals surface area contributed by atoms with Gasteiger partial charge in [0.25, 0.3) is 11.7 Å². The van der Waals surface area contributed by atoms with Crippen LogP contribution >= 0.6 is 0 Å². The fourth-order valence-electron chi connectivity index (χ4n) is 11.0. The molecule has 1 saturated carbocycles. The summed E-state index contributed by atoms with van der Waals surface area (Å²) in [7, 11) is 4.73. The topological polar surface area (TPSA) is 194 Å². The van der Waals surface area contributed by atoms with E-state index < -0.39 is 71.8 Å². The number of rotatable bonds is 11. The molecule has 2 N–H and O–H groups in total. The van der Waals surface area contributed by atoms with Gasteiger partial charge in [-0.25, -0.2) is 4.79 Å². The van der Waals surface area contributed by atoms with Gasteiger partial charge in [-0.05, 0) is 121 Å². The van der Waals surface area contributed by atoms with E-state index in [4.69, 9.17) is 33.2 Å². The van der Waals surface area contributed by atoms with E-state index in [1.165, 1.54) is 12.0 Å². The molecular formula is C56H89NO14. The number of amides is 1. The van der Waals surface area contributed by atoms with Gasteiger partial charge < -0.3 is 48.3 Å². The minimum absolute atomic E-state index is 0.0504. The fourth-order valence-corrected chi connectivity index (χ4v) is 11.0. The molecule has 15 heteroatoms. The highest BCUT2D eigenvalue weighted by molar-refractivity contribution is 6.39. The lowest BCUT2D eigenvalue weighted by atomic mass is 9.78. The molecule has 3 heterocycles. The van der Waals surface area contributed by atoms with Crippen molar-refractivity contribution in [1.29, 1.82) is 0 Å². The van der Waals surface area contributed by atoms with Crippen LogP contribution in [0.3, 0.4) is 0 Å². The Hall–Kier alpha value is -3.41. The second-order valence-corrected chi connectivity index (χ2v) is 21.3. The molecule has 402 valence electrons. The lowest BCUT2D eigenvalue weighted by molar-refractivity contribution is -0.265. The first kappa shape index (κ1) is 60.1. The molecule has 1 aliphatic carbocycles. The number of ether oxygens (including phenoxy) is 7. The summed E-state index contributed by atoms with van der Waals surface area (Å²) >= 11 is 0. The molecule has 0 radical (unpaired) electrons. The summed E-state index contributed by atoms with van der Waals surface area (Å²) < 4.78 is 42.5. The zero-order valence-corrected chi connectivity index (χ0v) is 45.0. The van der Waals surface area contributed by atoms with Crippen molar-refractivity contribution in [3.63, 3.8) is 0 Å². The normalized spacial score (nSPS) is 36.9. The van der Waals surface area contributed by atoms with Crippen LogP contribution in [0.2, 0.25) is 0 Å². The third-order valence-corrected chi connectivity index (χ3v) is 15.3. The quantitative estimate of drug-likeness (QED) is 0.117. The molecule has 15 atom stereocenters. The highest BCUT2D eigenvalue weighted by Gasteiger charge is 2.53. The number of hydrogen-bond acceptors (Lipinski definition) is 14. The summed E-state index contributed by atoms with van der Waals surface area (Å²) in [5, 5.41) is 21.4. The van der Waals surface area contributed by atoms with Crippen LogP contribution < -0.4 is 0 Å². The number of Topliss-reactive ketones (excluding diaryl/α,β-unsaturated/α-hetero) is 3. The van der Waals surface area contributed by atoms with Crippen molar-refractivity contribution in [2.75, 3.05) is 41.1 Å². The van der Waals surface area contributed by atoms with Gasteiger partial charge in [0.15, 0.2) is 5.78 Å². The van der Waals surface area contributed by atoms with Gasteiger partial charge in [0.05, 0.1) is 43.7 Å². The lowest BCUT2D eigenvalue weighted by Gasteiger charge is -2.42. The molecule has 0 aromatic rings. The Bertz CT molecular complexity index is 1880. The van der Waals surface area contributed by atoms with Crippen molar-refractivity contribution in [1.82, 2.24) is 4.90 Å². The van der Waals surface area contributed by atoms with Crippen molar-refractivity contribution in [2.24, 2.45) is 35.5 Å². The van der Waals surface area contributed by atoms with E-state index in [9.17, 15) is 34.2 Å². The summed E-state index contributed by atoms with van der Waals surface area (Å²) in [6.45, 7) is 17.1. The third kappa shape index (κ3) is 16.8. The maximum absolute atomic E-state index is 14.6. The number of cyclic esters (lactones) is 1. The molecule has 0 aromatic heterocycles. The molecule has 4 rings (SSSR count). The van der Waals surface area contributed by atoms with Gasteiger partial charge in [-0.3, -0.25) is 19.2 Å². The van der Waals surface area contributed by atoms with E-state index in [1.54, 1.807) is 34.1 Å². The molecule has 4 aliphatic rings. The number of aliphatic hydroxyl groups excluding tert-OH is 1. The first-order valence-corrected chi connectivity index (χ1v) is 26.4. The van der Waals surface area contributed by atoms with Gasteiger partial charge >= 0.3 is 5.97 Å². The number of aliphatic hydroxyl groups is 2. The average molecular weight is 1000 g/mol. The number of carbonyl (C=O) groups is 5. The molecule has 71 heavy (non-hydrogen) atoms. The molecule has 0 unspecified atom stereocenters. The van der Waals surface area contributed by atoms with E-state index in [-0.39, 0.29) is 86.2 Å². The number of allylic oxidation sites excluding steroid dienone is 6. The molecule has 2 bridgehead atoms.